The van der Waals surface area contributed by atoms with E-state index in [-0.39, 0.29) is 5.78 Å². The van der Waals surface area contributed by atoms with Gasteiger partial charge in [-0.15, -0.1) is 0 Å². The first-order chi connectivity index (χ1) is 14.0. The van der Waals surface area contributed by atoms with Gasteiger partial charge < -0.3 is 9.84 Å². The molecule has 0 bridgehead atoms. The number of aliphatic carboxylic acids is 1. The van der Waals surface area contributed by atoms with Gasteiger partial charge in [-0.3, -0.25) is 9.59 Å². The molecule has 6 nitrogen and oxygen atoms in total. The molecule has 1 aliphatic carbocycles. The van der Waals surface area contributed by atoms with Crippen LogP contribution in [0.2, 0.25) is 0 Å². The number of carboxylic acid groups (broad SMARTS) is 1. The van der Waals surface area contributed by atoms with Crippen molar-refractivity contribution >= 4 is 11.8 Å². The Morgan fingerprint density at radius 3 is 2.48 bits per heavy atom. The maximum absolute atomic E-state index is 13.0. The zero-order chi connectivity index (χ0) is 20.9. The van der Waals surface area contributed by atoms with Crippen LogP contribution in [0.15, 0.2) is 36.4 Å². The van der Waals surface area contributed by atoms with Gasteiger partial charge in [0.1, 0.15) is 11.2 Å². The predicted octanol–water partition coefficient (Wildman–Crippen LogP) is 4.64. The quantitative estimate of drug-likeness (QED) is 0.654. The molecule has 0 radical (unpaired) electrons. The number of ether oxygens (including phenoxy) is 1. The Kier molecular flexibility index (Phi) is 6.62. The van der Waals surface area contributed by atoms with Crippen molar-refractivity contribution in [2.75, 3.05) is 7.11 Å². The van der Waals surface area contributed by atoms with Crippen molar-refractivity contribution in [3.05, 3.63) is 42.1 Å². The van der Waals surface area contributed by atoms with Gasteiger partial charge in [-0.25, -0.2) is 0 Å². The molecule has 0 aliphatic heterocycles. The fourth-order valence-corrected chi connectivity index (χ4v) is 4.29. The standard InChI is InChI=1S/C23H28N2O4/c1-3-4-8-21(26)23(22(27)28)15-6-5-7-18(23)20-14-13-19(24-25-20)16-9-11-17(29-2)12-10-16/h9-14,18H,3-8,15H2,1-2H3,(H,27,28). The molecule has 1 aromatic carbocycles. The number of ketones is 1. The summed E-state index contributed by atoms with van der Waals surface area (Å²) < 4.78 is 5.18. The summed E-state index contributed by atoms with van der Waals surface area (Å²) >= 11 is 0. The largest absolute Gasteiger partial charge is 0.497 e. The Bertz CT molecular complexity index is 848. The number of Topliss-reactive ketones (excluding diaryl/α,β-unsaturated/α-hetero) is 1. The van der Waals surface area contributed by atoms with Crippen LogP contribution in [0.5, 0.6) is 5.75 Å². The van der Waals surface area contributed by atoms with Crippen LogP contribution in [0.25, 0.3) is 11.3 Å². The number of nitrogens with zero attached hydrogens (tertiary/aromatic N) is 2. The Morgan fingerprint density at radius 2 is 1.90 bits per heavy atom. The van der Waals surface area contributed by atoms with E-state index < -0.39 is 17.3 Å². The van der Waals surface area contributed by atoms with Crippen molar-refractivity contribution in [1.29, 1.82) is 0 Å². The highest BCUT2D eigenvalue weighted by Crippen LogP contribution is 2.48. The number of methoxy groups -OCH3 is 1. The summed E-state index contributed by atoms with van der Waals surface area (Å²) in [6.45, 7) is 2.00. The van der Waals surface area contributed by atoms with E-state index in [2.05, 4.69) is 10.2 Å². The van der Waals surface area contributed by atoms with Crippen molar-refractivity contribution in [1.82, 2.24) is 10.2 Å². The Balaban J connectivity index is 1.91. The van der Waals surface area contributed by atoms with Crippen LogP contribution in [0.3, 0.4) is 0 Å². The molecule has 0 spiro atoms. The van der Waals surface area contributed by atoms with Gasteiger partial charge in [-0.05, 0) is 55.7 Å². The smallest absolute Gasteiger partial charge is 0.317 e. The summed E-state index contributed by atoms with van der Waals surface area (Å²) in [5.41, 5.74) is 0.806. The van der Waals surface area contributed by atoms with Crippen LogP contribution in [0.4, 0.5) is 0 Å². The molecule has 1 fully saturated rings. The average molecular weight is 396 g/mol. The fourth-order valence-electron chi connectivity index (χ4n) is 4.29. The highest BCUT2D eigenvalue weighted by Gasteiger charge is 2.53. The van der Waals surface area contributed by atoms with E-state index in [1.54, 1.807) is 7.11 Å². The Labute approximate surface area is 171 Å². The number of benzene rings is 1. The number of carboxylic acids is 1. The van der Waals surface area contributed by atoms with E-state index in [0.29, 0.717) is 37.1 Å². The van der Waals surface area contributed by atoms with Crippen molar-refractivity contribution in [2.24, 2.45) is 5.41 Å². The molecule has 0 saturated heterocycles. The number of unbranched alkanes of at least 4 members (excludes halogenated alkanes) is 1. The zero-order valence-electron chi connectivity index (χ0n) is 17.1. The first kappa shape index (κ1) is 21.0. The van der Waals surface area contributed by atoms with E-state index in [4.69, 9.17) is 4.74 Å². The third-order valence-corrected chi connectivity index (χ3v) is 5.97. The van der Waals surface area contributed by atoms with Crippen molar-refractivity contribution < 1.29 is 19.4 Å². The van der Waals surface area contributed by atoms with Crippen LogP contribution in [0.1, 0.15) is 63.5 Å². The van der Waals surface area contributed by atoms with Gasteiger partial charge in [-0.2, -0.15) is 10.2 Å². The van der Waals surface area contributed by atoms with Gasteiger partial charge in [0, 0.05) is 17.9 Å². The van der Waals surface area contributed by atoms with Gasteiger partial charge in [0.25, 0.3) is 0 Å². The van der Waals surface area contributed by atoms with Gasteiger partial charge in [0.2, 0.25) is 0 Å². The topological polar surface area (TPSA) is 89.4 Å². The molecule has 1 saturated carbocycles. The lowest BCUT2D eigenvalue weighted by Crippen LogP contribution is -2.46. The predicted molar refractivity (Wildman–Crippen MR) is 110 cm³/mol. The van der Waals surface area contributed by atoms with E-state index >= 15 is 0 Å². The van der Waals surface area contributed by atoms with E-state index in [1.165, 1.54) is 0 Å². The summed E-state index contributed by atoms with van der Waals surface area (Å²) in [5, 5.41) is 18.8. The normalized spacial score (nSPS) is 21.5. The van der Waals surface area contributed by atoms with Crippen molar-refractivity contribution in [3.63, 3.8) is 0 Å². The third kappa shape index (κ3) is 4.16. The number of aromatic nitrogens is 2. The van der Waals surface area contributed by atoms with E-state index in [1.807, 2.05) is 43.3 Å². The number of hydrogen-bond acceptors (Lipinski definition) is 5. The summed E-state index contributed by atoms with van der Waals surface area (Å²) in [5.74, 6) is -0.866. The highest BCUT2D eigenvalue weighted by molar-refractivity contribution is 6.04. The van der Waals surface area contributed by atoms with Crippen LogP contribution < -0.4 is 4.74 Å². The van der Waals surface area contributed by atoms with Crippen molar-refractivity contribution in [2.45, 2.75) is 57.8 Å². The monoisotopic (exact) mass is 396 g/mol. The van der Waals surface area contributed by atoms with Gasteiger partial charge in [0.15, 0.2) is 5.78 Å². The molecule has 2 unspecified atom stereocenters. The molecular weight excluding hydrogens is 368 g/mol. The van der Waals surface area contributed by atoms with Gasteiger partial charge in [0.05, 0.1) is 18.5 Å². The minimum Gasteiger partial charge on any atom is -0.497 e. The molecule has 2 aromatic rings. The molecule has 1 N–H and O–H groups in total. The molecule has 3 rings (SSSR count). The Morgan fingerprint density at radius 1 is 1.14 bits per heavy atom. The first-order valence-electron chi connectivity index (χ1n) is 10.3. The van der Waals surface area contributed by atoms with E-state index in [9.17, 15) is 14.7 Å². The number of carbonyl (C=O) groups excluding carboxylic acids is 1. The molecule has 1 aliphatic rings. The van der Waals surface area contributed by atoms with Crippen LogP contribution in [-0.2, 0) is 9.59 Å². The molecule has 1 heterocycles. The van der Waals surface area contributed by atoms with E-state index in [0.717, 1.165) is 30.6 Å². The SMILES string of the molecule is CCCCC(=O)C1(C(=O)O)CCCCC1c1ccc(-c2ccc(OC)cc2)nn1. The van der Waals surface area contributed by atoms with Crippen LogP contribution in [0, 0.1) is 5.41 Å². The maximum atomic E-state index is 13.0. The highest BCUT2D eigenvalue weighted by atomic mass is 16.5. The molecule has 154 valence electrons. The fraction of sp³-hybridized carbons (Fsp3) is 0.478. The number of carbonyl (C=O) groups is 2. The molecule has 2 atom stereocenters. The van der Waals surface area contributed by atoms with Crippen molar-refractivity contribution in [3.8, 4) is 17.0 Å². The molecular formula is C23H28N2O4. The Hall–Kier alpha value is -2.76. The first-order valence-corrected chi connectivity index (χ1v) is 10.3. The third-order valence-electron chi connectivity index (χ3n) is 5.97. The summed E-state index contributed by atoms with van der Waals surface area (Å²) in [6, 6.07) is 11.2. The van der Waals surface area contributed by atoms with Crippen LogP contribution in [-0.4, -0.2) is 34.2 Å². The molecule has 1 aromatic heterocycles. The summed E-state index contributed by atoms with van der Waals surface area (Å²) in [6.07, 6.45) is 4.53. The second kappa shape index (κ2) is 9.16. The maximum Gasteiger partial charge on any atom is 0.317 e. The summed E-state index contributed by atoms with van der Waals surface area (Å²) in [4.78, 5) is 25.3. The van der Waals surface area contributed by atoms with Gasteiger partial charge >= 0.3 is 5.97 Å². The molecule has 6 heteroatoms. The number of rotatable bonds is 8. The molecule has 0 amide bonds. The van der Waals surface area contributed by atoms with Gasteiger partial charge in [-0.1, -0.05) is 26.2 Å². The minimum atomic E-state index is -1.39. The lowest BCUT2D eigenvalue weighted by Gasteiger charge is -2.39. The second-order valence-electron chi connectivity index (χ2n) is 7.67. The summed E-state index contributed by atoms with van der Waals surface area (Å²) in [7, 11) is 1.62. The zero-order valence-corrected chi connectivity index (χ0v) is 17.1. The lowest BCUT2D eigenvalue weighted by molar-refractivity contribution is -0.159. The number of hydrogen-bond donors (Lipinski definition) is 1. The minimum absolute atomic E-state index is 0.169. The second-order valence-corrected chi connectivity index (χ2v) is 7.67. The molecule has 29 heavy (non-hydrogen) atoms. The lowest BCUT2D eigenvalue weighted by atomic mass is 9.62. The average Bonchev–Trinajstić information content (AvgIpc) is 2.77. The van der Waals surface area contributed by atoms with Crippen LogP contribution >= 0.6 is 0 Å².